The molecule has 0 spiro atoms. The summed E-state index contributed by atoms with van der Waals surface area (Å²) in [5.74, 6) is 0. The third kappa shape index (κ3) is 9.05. The maximum absolute atomic E-state index is 3.22. The maximum Gasteiger partial charge on any atom is 0 e. The molecule has 0 nitrogen and oxygen atoms in total. The molecular weight excluding hydrogens is 176 g/mol. The Bertz CT molecular complexity index is 6.00. The van der Waals surface area contributed by atoms with Gasteiger partial charge in [-0.1, -0.05) is 0 Å². The van der Waals surface area contributed by atoms with Crippen LogP contribution in [0.3, 0.4) is 0 Å². The first kappa shape index (κ1) is 16.8. The number of hydrogen-bond acceptors (Lipinski definition) is 2. The van der Waals surface area contributed by atoms with Crippen LogP contribution < -0.4 is 0 Å². The summed E-state index contributed by atoms with van der Waals surface area (Å²) in [4.78, 5) is 0. The molecule has 0 aliphatic carbocycles. The molecule has 4 heteroatoms. The Labute approximate surface area is 61.7 Å². The van der Waals surface area contributed by atoms with Crippen LogP contribution in [0.4, 0.5) is 0 Å². The standard InChI is InChI=1S/Cu.H2S2.Ti/c;1-2;/h;1-2H;. The molecular formula is H2CuS2Ti. The van der Waals surface area contributed by atoms with E-state index < -0.39 is 0 Å². The summed E-state index contributed by atoms with van der Waals surface area (Å²) >= 11 is 6.44. The Hall–Kier alpha value is 1.93. The summed E-state index contributed by atoms with van der Waals surface area (Å²) < 4.78 is 0. The number of hydrogen-bond donors (Lipinski definition) is 2. The van der Waals surface area contributed by atoms with Crippen LogP contribution in [0, 0.1) is 0 Å². The van der Waals surface area contributed by atoms with Crippen LogP contribution in [-0.2, 0) is 38.8 Å². The SMILES string of the molecule is SS.[Cu].[Ti]. The Balaban J connectivity index is -0.00000000500. The van der Waals surface area contributed by atoms with Gasteiger partial charge >= 0.3 is 0 Å². The second-order valence-electron chi connectivity index (χ2n) is 0. The zero-order valence-corrected chi connectivity index (χ0v) is 5.99. The predicted molar refractivity (Wildman–Crippen MR) is 18.0 cm³/mol. The molecule has 0 saturated heterocycles. The quantitative estimate of drug-likeness (QED) is 0.305. The second-order valence-corrected chi connectivity index (χ2v) is 0. The molecule has 0 rings (SSSR count). The zero-order valence-electron chi connectivity index (χ0n) is 1.70. The van der Waals surface area contributed by atoms with Crippen molar-refractivity contribution in [3.8, 4) is 0 Å². The molecule has 0 N–H and O–H groups in total. The van der Waals surface area contributed by atoms with Crippen molar-refractivity contribution in [2.75, 3.05) is 0 Å². The first-order chi connectivity index (χ1) is 1.00. The van der Waals surface area contributed by atoms with Gasteiger partial charge in [-0.3, -0.25) is 0 Å². The molecule has 1 radical (unpaired) electrons. The minimum absolute atomic E-state index is 0. The van der Waals surface area contributed by atoms with Gasteiger partial charge in [0.2, 0.25) is 0 Å². The first-order valence-corrected chi connectivity index (χ1v) is 1.80. The fourth-order valence-corrected chi connectivity index (χ4v) is 0. The molecule has 0 aliphatic rings. The third-order valence-electron chi connectivity index (χ3n) is 0. The average molecular weight is 178 g/mol. The van der Waals surface area contributed by atoms with Gasteiger partial charge in [-0.25, -0.2) is 0 Å². The Kier molecular flexibility index (Phi) is 85.7. The molecule has 0 aliphatic heterocycles. The van der Waals surface area contributed by atoms with E-state index in [1.807, 2.05) is 0 Å². The molecule has 0 amide bonds. The van der Waals surface area contributed by atoms with Gasteiger partial charge in [0.1, 0.15) is 0 Å². The zero-order chi connectivity index (χ0) is 2.00. The Morgan fingerprint density at radius 1 is 1.00 bits per heavy atom. The van der Waals surface area contributed by atoms with E-state index >= 15 is 0 Å². The molecule has 29 valence electrons. The average Bonchev–Trinajstić information content (AvgIpc) is 1.00. The predicted octanol–water partition coefficient (Wildman–Crippen LogP) is 0.756. The number of rotatable bonds is 0. The summed E-state index contributed by atoms with van der Waals surface area (Å²) in [5, 5.41) is 0. The topological polar surface area (TPSA) is 0 Å². The van der Waals surface area contributed by atoms with Gasteiger partial charge in [-0.05, 0) is 0 Å². The molecule has 0 heterocycles. The maximum atomic E-state index is 3.22. The van der Waals surface area contributed by atoms with E-state index in [0.29, 0.717) is 0 Å². The van der Waals surface area contributed by atoms with Crippen molar-refractivity contribution in [3.05, 3.63) is 0 Å². The fraction of sp³-hybridized carbons (Fsp3) is 0. The largest absolute Gasteiger partial charge is 0.115 e. The molecule has 0 aromatic carbocycles. The van der Waals surface area contributed by atoms with Crippen molar-refractivity contribution in [1.29, 1.82) is 0 Å². The smallest absolute Gasteiger partial charge is 0 e. The van der Waals surface area contributed by atoms with Crippen LogP contribution in [-0.4, -0.2) is 0 Å². The molecule has 0 atom stereocenters. The molecule has 0 fully saturated rings. The van der Waals surface area contributed by atoms with Crippen LogP contribution in [0.15, 0.2) is 0 Å². The van der Waals surface area contributed by atoms with E-state index in [9.17, 15) is 0 Å². The minimum Gasteiger partial charge on any atom is -0.115 e. The summed E-state index contributed by atoms with van der Waals surface area (Å²) in [7, 11) is 0. The molecule has 0 saturated carbocycles. The van der Waals surface area contributed by atoms with Crippen LogP contribution >= 0.6 is 23.3 Å². The second kappa shape index (κ2) is 20.4. The minimum atomic E-state index is 0. The van der Waals surface area contributed by atoms with Crippen molar-refractivity contribution in [3.63, 3.8) is 0 Å². The Morgan fingerprint density at radius 2 is 1.00 bits per heavy atom. The first-order valence-electron chi connectivity index (χ1n) is 0.200. The van der Waals surface area contributed by atoms with Gasteiger partial charge in [0.15, 0.2) is 0 Å². The van der Waals surface area contributed by atoms with E-state index in [0.717, 1.165) is 0 Å². The van der Waals surface area contributed by atoms with Crippen molar-refractivity contribution in [2.45, 2.75) is 0 Å². The summed E-state index contributed by atoms with van der Waals surface area (Å²) in [5.41, 5.74) is 0. The van der Waals surface area contributed by atoms with Crippen molar-refractivity contribution in [2.24, 2.45) is 0 Å². The normalized spacial score (nSPS) is 1.50. The van der Waals surface area contributed by atoms with Gasteiger partial charge in [-0.15, -0.1) is 23.3 Å². The molecule has 0 aromatic rings. The molecule has 4 heavy (non-hydrogen) atoms. The van der Waals surface area contributed by atoms with Crippen LogP contribution in [0.25, 0.3) is 0 Å². The van der Waals surface area contributed by atoms with Gasteiger partial charge in [-0.2, -0.15) is 0 Å². The van der Waals surface area contributed by atoms with E-state index in [1.54, 1.807) is 0 Å². The van der Waals surface area contributed by atoms with Gasteiger partial charge < -0.3 is 0 Å². The van der Waals surface area contributed by atoms with Crippen molar-refractivity contribution < 1.29 is 38.8 Å². The van der Waals surface area contributed by atoms with Crippen molar-refractivity contribution in [1.82, 2.24) is 0 Å². The van der Waals surface area contributed by atoms with E-state index in [-0.39, 0.29) is 38.8 Å². The summed E-state index contributed by atoms with van der Waals surface area (Å²) in [6.07, 6.45) is 0. The molecule has 0 aromatic heterocycles. The molecule has 0 unspecified atom stereocenters. The van der Waals surface area contributed by atoms with E-state index in [1.165, 1.54) is 0 Å². The van der Waals surface area contributed by atoms with Crippen LogP contribution in [0.1, 0.15) is 0 Å². The van der Waals surface area contributed by atoms with Gasteiger partial charge in [0.25, 0.3) is 0 Å². The van der Waals surface area contributed by atoms with Crippen LogP contribution in [0.5, 0.6) is 0 Å². The van der Waals surface area contributed by atoms with E-state index in [2.05, 4.69) is 23.3 Å². The number of thiol groups is 2. The fourth-order valence-electron chi connectivity index (χ4n) is 0. The summed E-state index contributed by atoms with van der Waals surface area (Å²) in [6, 6.07) is 0. The molecule has 0 bridgehead atoms. The van der Waals surface area contributed by atoms with Gasteiger partial charge in [0, 0.05) is 38.8 Å². The third-order valence-corrected chi connectivity index (χ3v) is 0. The Morgan fingerprint density at radius 3 is 1.00 bits per heavy atom. The van der Waals surface area contributed by atoms with Gasteiger partial charge in [0.05, 0.1) is 0 Å². The monoisotopic (exact) mass is 177 g/mol. The summed E-state index contributed by atoms with van der Waals surface area (Å²) in [6.45, 7) is 0. The van der Waals surface area contributed by atoms with Crippen LogP contribution in [0.2, 0.25) is 0 Å². The van der Waals surface area contributed by atoms with E-state index in [4.69, 9.17) is 0 Å². The van der Waals surface area contributed by atoms with Crippen molar-refractivity contribution >= 4 is 23.3 Å².